The number of nitrogens with one attached hydrogen (secondary N) is 1. The van der Waals surface area contributed by atoms with Crippen molar-refractivity contribution in [2.45, 2.75) is 13.8 Å². The Kier molecular flexibility index (Phi) is 5.15. The minimum absolute atomic E-state index is 0.0365. The molecule has 4 rings (SSSR count). The molecule has 1 aromatic heterocycles. The van der Waals surface area contributed by atoms with Gasteiger partial charge in [-0.25, -0.2) is 9.69 Å². The number of imide groups is 2. The number of furan rings is 1. The molecule has 1 N–H and O–H groups in total. The summed E-state index contributed by atoms with van der Waals surface area (Å²) >= 11 is 0. The second-order valence-corrected chi connectivity index (χ2v) is 7.26. The van der Waals surface area contributed by atoms with Gasteiger partial charge in [-0.05, 0) is 61.4 Å². The first kappa shape index (κ1) is 20.7. The molecule has 1 aliphatic rings. The summed E-state index contributed by atoms with van der Waals surface area (Å²) in [5.41, 5.74) is 2.16. The molecule has 0 atom stereocenters. The van der Waals surface area contributed by atoms with Gasteiger partial charge in [0.1, 0.15) is 17.1 Å². The Bertz CT molecular complexity index is 1320. The maximum atomic E-state index is 13.0. The van der Waals surface area contributed by atoms with Gasteiger partial charge >= 0.3 is 6.03 Å². The number of barbiturate groups is 1. The Morgan fingerprint density at radius 3 is 2.50 bits per heavy atom. The van der Waals surface area contributed by atoms with E-state index in [9.17, 15) is 24.5 Å². The number of nitrogens with zero attached hydrogens (tertiary/aromatic N) is 2. The number of rotatable bonds is 4. The third-order valence-electron chi connectivity index (χ3n) is 4.96. The van der Waals surface area contributed by atoms with Crippen LogP contribution >= 0.6 is 0 Å². The highest BCUT2D eigenvalue weighted by Gasteiger charge is 2.37. The number of hydrogen-bond donors (Lipinski definition) is 1. The monoisotopic (exact) mass is 431 g/mol. The fraction of sp³-hybridized carbons (Fsp3) is 0.0870. The molecule has 0 radical (unpaired) electrons. The van der Waals surface area contributed by atoms with Gasteiger partial charge in [0.05, 0.1) is 10.6 Å². The van der Waals surface area contributed by atoms with Crippen LogP contribution in [0.2, 0.25) is 0 Å². The molecule has 0 saturated carbocycles. The van der Waals surface area contributed by atoms with Crippen LogP contribution in [0.5, 0.6) is 0 Å². The first-order chi connectivity index (χ1) is 15.2. The third kappa shape index (κ3) is 3.79. The second kappa shape index (κ2) is 7.95. The zero-order valence-electron chi connectivity index (χ0n) is 17.1. The van der Waals surface area contributed by atoms with Crippen LogP contribution < -0.4 is 10.2 Å². The number of non-ortho nitro benzene ring substituents is 1. The summed E-state index contributed by atoms with van der Waals surface area (Å²) in [5.74, 6) is -0.962. The number of nitro benzene ring substituents is 1. The van der Waals surface area contributed by atoms with Gasteiger partial charge in [0.2, 0.25) is 0 Å². The summed E-state index contributed by atoms with van der Waals surface area (Å²) < 4.78 is 5.76. The molecule has 160 valence electrons. The molecule has 0 unspecified atom stereocenters. The van der Waals surface area contributed by atoms with Gasteiger partial charge in [-0.1, -0.05) is 12.1 Å². The Balaban J connectivity index is 1.67. The average Bonchev–Trinajstić information content (AvgIpc) is 3.19. The summed E-state index contributed by atoms with van der Waals surface area (Å²) in [6.45, 7) is 3.54. The third-order valence-corrected chi connectivity index (χ3v) is 4.96. The summed E-state index contributed by atoms with van der Waals surface area (Å²) in [7, 11) is 0. The van der Waals surface area contributed by atoms with E-state index in [0.717, 1.165) is 10.5 Å². The standard InChI is InChI=1S/C23H17N3O6/c1-13-4-3-5-15(10-13)25-22(28)19(21(27)24-23(25)29)12-17-7-9-20(32-17)18-8-6-16(26(30)31)11-14(18)2/h3-12H,1-2H3,(H,24,27,29). The predicted octanol–water partition coefficient (Wildman–Crippen LogP) is 4.14. The van der Waals surface area contributed by atoms with Crippen LogP contribution in [0.25, 0.3) is 17.4 Å². The SMILES string of the molecule is Cc1cccc(N2C(=O)NC(=O)C(=Cc3ccc(-c4ccc([N+](=O)[O-])cc4C)o3)C2=O)c1. The number of carbonyl (C=O) groups is 3. The number of aryl methyl sites for hydroxylation is 2. The molecular formula is C23H17N3O6. The average molecular weight is 431 g/mol. The Labute approximate surface area is 182 Å². The van der Waals surface area contributed by atoms with Crippen molar-refractivity contribution in [1.82, 2.24) is 5.32 Å². The van der Waals surface area contributed by atoms with Gasteiger partial charge < -0.3 is 4.42 Å². The second-order valence-electron chi connectivity index (χ2n) is 7.26. The van der Waals surface area contributed by atoms with Crippen molar-refractivity contribution in [3.05, 3.63) is 87.2 Å². The van der Waals surface area contributed by atoms with Gasteiger partial charge in [-0.3, -0.25) is 25.0 Å². The molecule has 0 spiro atoms. The van der Waals surface area contributed by atoms with E-state index >= 15 is 0 Å². The molecule has 1 fully saturated rings. The van der Waals surface area contributed by atoms with E-state index in [-0.39, 0.29) is 17.0 Å². The quantitative estimate of drug-likeness (QED) is 0.287. The zero-order chi connectivity index (χ0) is 23.0. The van der Waals surface area contributed by atoms with Crippen LogP contribution in [0.4, 0.5) is 16.2 Å². The fourth-order valence-electron chi connectivity index (χ4n) is 3.41. The van der Waals surface area contributed by atoms with Gasteiger partial charge in [0.15, 0.2) is 0 Å². The van der Waals surface area contributed by atoms with Crippen molar-refractivity contribution in [2.24, 2.45) is 0 Å². The lowest BCUT2D eigenvalue weighted by Crippen LogP contribution is -2.54. The van der Waals surface area contributed by atoms with E-state index in [1.807, 2.05) is 13.0 Å². The van der Waals surface area contributed by atoms with Gasteiger partial charge in [0.25, 0.3) is 17.5 Å². The lowest BCUT2D eigenvalue weighted by Gasteiger charge is -2.26. The van der Waals surface area contributed by atoms with Crippen LogP contribution in [0.3, 0.4) is 0 Å². The number of carbonyl (C=O) groups excluding carboxylic acids is 3. The summed E-state index contributed by atoms with van der Waals surface area (Å²) in [5, 5.41) is 13.1. The molecule has 4 amide bonds. The van der Waals surface area contributed by atoms with E-state index in [1.54, 1.807) is 43.3 Å². The van der Waals surface area contributed by atoms with Gasteiger partial charge in [-0.2, -0.15) is 0 Å². The lowest BCUT2D eigenvalue weighted by molar-refractivity contribution is -0.384. The number of anilines is 1. The number of amides is 4. The molecule has 3 aromatic rings. The fourth-order valence-corrected chi connectivity index (χ4v) is 3.41. The molecule has 2 heterocycles. The van der Waals surface area contributed by atoms with E-state index < -0.39 is 22.8 Å². The molecule has 1 saturated heterocycles. The van der Waals surface area contributed by atoms with Crippen molar-refractivity contribution in [3.63, 3.8) is 0 Å². The van der Waals surface area contributed by atoms with Crippen molar-refractivity contribution in [2.75, 3.05) is 4.90 Å². The first-order valence-corrected chi connectivity index (χ1v) is 9.58. The summed E-state index contributed by atoms with van der Waals surface area (Å²) in [6.07, 6.45) is 1.26. The van der Waals surface area contributed by atoms with Crippen LogP contribution in [0, 0.1) is 24.0 Å². The molecule has 1 aliphatic heterocycles. The molecule has 2 aromatic carbocycles. The Hall–Kier alpha value is -4.53. The van der Waals surface area contributed by atoms with Crippen LogP contribution in [-0.4, -0.2) is 22.8 Å². The topological polar surface area (TPSA) is 123 Å². The number of benzene rings is 2. The van der Waals surface area contributed by atoms with Crippen molar-refractivity contribution < 1.29 is 23.7 Å². The Morgan fingerprint density at radius 1 is 1.03 bits per heavy atom. The normalized spacial score (nSPS) is 15.2. The predicted molar refractivity (Wildman–Crippen MR) is 116 cm³/mol. The van der Waals surface area contributed by atoms with Crippen molar-refractivity contribution in [1.29, 1.82) is 0 Å². The highest BCUT2D eigenvalue weighted by molar-refractivity contribution is 6.39. The molecule has 0 aliphatic carbocycles. The number of urea groups is 1. The van der Waals surface area contributed by atoms with E-state index in [2.05, 4.69) is 5.32 Å². The summed E-state index contributed by atoms with van der Waals surface area (Å²) in [6, 6.07) is 13.5. The van der Waals surface area contributed by atoms with Gasteiger partial charge in [-0.15, -0.1) is 0 Å². The minimum Gasteiger partial charge on any atom is -0.457 e. The first-order valence-electron chi connectivity index (χ1n) is 9.58. The maximum absolute atomic E-state index is 13.0. The van der Waals surface area contributed by atoms with Crippen LogP contribution in [-0.2, 0) is 9.59 Å². The smallest absolute Gasteiger partial charge is 0.335 e. The van der Waals surface area contributed by atoms with E-state index in [0.29, 0.717) is 22.6 Å². The summed E-state index contributed by atoms with van der Waals surface area (Å²) in [4.78, 5) is 49.0. The number of nitro groups is 1. The lowest BCUT2D eigenvalue weighted by atomic mass is 10.1. The molecule has 0 bridgehead atoms. The molecule has 32 heavy (non-hydrogen) atoms. The molecule has 9 heteroatoms. The van der Waals surface area contributed by atoms with E-state index in [1.165, 1.54) is 18.2 Å². The molecule has 9 nitrogen and oxygen atoms in total. The highest BCUT2D eigenvalue weighted by Crippen LogP contribution is 2.30. The maximum Gasteiger partial charge on any atom is 0.335 e. The Morgan fingerprint density at radius 2 is 1.81 bits per heavy atom. The highest BCUT2D eigenvalue weighted by atomic mass is 16.6. The van der Waals surface area contributed by atoms with Crippen molar-refractivity contribution in [3.8, 4) is 11.3 Å². The largest absolute Gasteiger partial charge is 0.457 e. The van der Waals surface area contributed by atoms with Crippen molar-refractivity contribution >= 4 is 35.3 Å². The molecular weight excluding hydrogens is 414 g/mol. The minimum atomic E-state index is -0.829. The van der Waals surface area contributed by atoms with E-state index in [4.69, 9.17) is 4.42 Å². The zero-order valence-corrected chi connectivity index (χ0v) is 17.1. The number of hydrogen-bond acceptors (Lipinski definition) is 6. The van der Waals surface area contributed by atoms with Crippen LogP contribution in [0.1, 0.15) is 16.9 Å². The van der Waals surface area contributed by atoms with Gasteiger partial charge in [0, 0.05) is 17.7 Å². The van der Waals surface area contributed by atoms with Crippen LogP contribution in [0.15, 0.2) is 64.6 Å².